The second kappa shape index (κ2) is 8.36. The van der Waals surface area contributed by atoms with Gasteiger partial charge in [0.15, 0.2) is 5.16 Å². The Labute approximate surface area is 172 Å². The fourth-order valence-corrected chi connectivity index (χ4v) is 4.38. The maximum atomic E-state index is 13.1. The molecule has 8 nitrogen and oxygen atoms in total. The Morgan fingerprint density at radius 2 is 2.03 bits per heavy atom. The second-order valence-electron chi connectivity index (χ2n) is 7.46. The molecule has 29 heavy (non-hydrogen) atoms. The summed E-state index contributed by atoms with van der Waals surface area (Å²) in [5.41, 5.74) is 0.608. The molecule has 0 atom stereocenters. The van der Waals surface area contributed by atoms with Crippen molar-refractivity contribution in [1.82, 2.24) is 19.7 Å². The number of rotatable bonds is 6. The van der Waals surface area contributed by atoms with Crippen LogP contribution in [0.15, 0.2) is 38.6 Å². The largest absolute Gasteiger partial charge is 0.408 e. The molecule has 3 aromatic rings. The number of para-hydroxylation sites is 1. The number of benzene rings is 1. The number of nitrogens with one attached hydrogen (secondary N) is 1. The number of aromatic nitrogens is 4. The van der Waals surface area contributed by atoms with Crippen molar-refractivity contribution in [2.45, 2.75) is 56.6 Å². The Balaban J connectivity index is 1.55. The Kier molecular flexibility index (Phi) is 5.66. The number of fused-ring (bicyclic) bond motifs is 1. The summed E-state index contributed by atoms with van der Waals surface area (Å²) < 4.78 is 7.19. The first-order valence-corrected chi connectivity index (χ1v) is 10.8. The maximum absolute atomic E-state index is 13.1. The molecule has 152 valence electrons. The van der Waals surface area contributed by atoms with Crippen LogP contribution in [0, 0.1) is 0 Å². The molecule has 1 aliphatic rings. The standard InChI is InChI=1S/C20H23N5O3S/c1-12(2)17-23-24-19(28-17)22-16(26)11-29-20-21-15-10-6-5-9-14(15)18(27)25(20)13-7-3-4-8-13/h5-6,9-10,12-13H,3-4,7-8,11H2,1-2H3,(H,22,24,26). The van der Waals surface area contributed by atoms with E-state index >= 15 is 0 Å². The maximum Gasteiger partial charge on any atom is 0.322 e. The minimum atomic E-state index is -0.283. The summed E-state index contributed by atoms with van der Waals surface area (Å²) >= 11 is 1.25. The van der Waals surface area contributed by atoms with E-state index < -0.39 is 0 Å². The van der Waals surface area contributed by atoms with Crippen molar-refractivity contribution in [3.8, 4) is 0 Å². The van der Waals surface area contributed by atoms with E-state index in [1.54, 1.807) is 10.6 Å². The summed E-state index contributed by atoms with van der Waals surface area (Å²) in [6, 6.07) is 7.55. The molecular weight excluding hydrogens is 390 g/mol. The topological polar surface area (TPSA) is 103 Å². The van der Waals surface area contributed by atoms with Gasteiger partial charge in [-0.3, -0.25) is 19.5 Å². The average Bonchev–Trinajstić information content (AvgIpc) is 3.39. The molecule has 1 saturated carbocycles. The molecule has 2 heterocycles. The lowest BCUT2D eigenvalue weighted by Gasteiger charge is -2.18. The van der Waals surface area contributed by atoms with E-state index in [-0.39, 0.29) is 35.2 Å². The number of thioether (sulfide) groups is 1. The van der Waals surface area contributed by atoms with Gasteiger partial charge in [-0.15, -0.1) is 5.10 Å². The van der Waals surface area contributed by atoms with Gasteiger partial charge in [-0.2, -0.15) is 0 Å². The van der Waals surface area contributed by atoms with E-state index in [4.69, 9.17) is 4.42 Å². The first kappa shape index (κ1) is 19.6. The van der Waals surface area contributed by atoms with Crippen molar-refractivity contribution in [2.24, 2.45) is 0 Å². The van der Waals surface area contributed by atoms with E-state index in [0.717, 1.165) is 25.7 Å². The summed E-state index contributed by atoms with van der Waals surface area (Å²) in [5.74, 6) is 0.371. The molecule has 1 aliphatic carbocycles. The first-order valence-electron chi connectivity index (χ1n) is 9.80. The Bertz CT molecular complexity index is 1090. The van der Waals surface area contributed by atoms with Gasteiger partial charge in [-0.05, 0) is 25.0 Å². The van der Waals surface area contributed by atoms with Gasteiger partial charge in [-0.1, -0.05) is 55.7 Å². The predicted octanol–water partition coefficient (Wildman–Crippen LogP) is 3.75. The molecular formula is C20H23N5O3S. The molecule has 1 N–H and O–H groups in total. The fraction of sp³-hybridized carbons (Fsp3) is 0.450. The number of amides is 1. The molecule has 2 aromatic heterocycles. The minimum absolute atomic E-state index is 0.0381. The van der Waals surface area contributed by atoms with E-state index in [2.05, 4.69) is 20.5 Å². The molecule has 1 aromatic carbocycles. The summed E-state index contributed by atoms with van der Waals surface area (Å²) in [4.78, 5) is 30.2. The number of carbonyl (C=O) groups excluding carboxylic acids is 1. The van der Waals surface area contributed by atoms with Crippen molar-refractivity contribution < 1.29 is 9.21 Å². The number of anilines is 1. The summed E-state index contributed by atoms with van der Waals surface area (Å²) in [6.45, 7) is 3.87. The Morgan fingerprint density at radius 1 is 1.28 bits per heavy atom. The van der Waals surface area contributed by atoms with Crippen LogP contribution in [0.4, 0.5) is 6.01 Å². The molecule has 1 amide bonds. The molecule has 4 rings (SSSR count). The van der Waals surface area contributed by atoms with Gasteiger partial charge in [0, 0.05) is 12.0 Å². The molecule has 0 saturated heterocycles. The fourth-order valence-electron chi connectivity index (χ4n) is 3.52. The Morgan fingerprint density at radius 3 is 2.76 bits per heavy atom. The van der Waals surface area contributed by atoms with Crippen LogP contribution in [0.2, 0.25) is 0 Å². The molecule has 1 fully saturated rings. The van der Waals surface area contributed by atoms with Crippen molar-refractivity contribution in [1.29, 1.82) is 0 Å². The van der Waals surface area contributed by atoms with Crippen LogP contribution in [0.1, 0.15) is 57.4 Å². The van der Waals surface area contributed by atoms with Crippen LogP contribution in [-0.2, 0) is 4.79 Å². The molecule has 9 heteroatoms. The highest BCUT2D eigenvalue weighted by atomic mass is 32.2. The Hall–Kier alpha value is -2.68. The zero-order chi connectivity index (χ0) is 20.4. The van der Waals surface area contributed by atoms with Crippen LogP contribution in [0.3, 0.4) is 0 Å². The van der Waals surface area contributed by atoms with Crippen molar-refractivity contribution in [3.05, 3.63) is 40.5 Å². The lowest BCUT2D eigenvalue weighted by molar-refractivity contribution is -0.113. The highest BCUT2D eigenvalue weighted by Gasteiger charge is 2.23. The number of nitrogens with zero attached hydrogens (tertiary/aromatic N) is 4. The molecule has 0 bridgehead atoms. The van der Waals surface area contributed by atoms with Crippen LogP contribution in [-0.4, -0.2) is 31.4 Å². The smallest absolute Gasteiger partial charge is 0.322 e. The zero-order valence-corrected chi connectivity index (χ0v) is 17.2. The van der Waals surface area contributed by atoms with Gasteiger partial charge in [0.2, 0.25) is 11.8 Å². The number of hydrogen-bond donors (Lipinski definition) is 1. The van der Waals surface area contributed by atoms with Crippen LogP contribution in [0.25, 0.3) is 10.9 Å². The molecule has 0 spiro atoms. The summed E-state index contributed by atoms with van der Waals surface area (Å²) in [7, 11) is 0. The SMILES string of the molecule is CC(C)c1nnc(NC(=O)CSc2nc3ccccc3c(=O)n2C2CCCC2)o1. The quantitative estimate of drug-likeness (QED) is 0.485. The van der Waals surface area contributed by atoms with E-state index in [1.807, 2.05) is 32.0 Å². The molecule has 0 aliphatic heterocycles. The lowest BCUT2D eigenvalue weighted by atomic mass is 10.2. The number of hydrogen-bond acceptors (Lipinski definition) is 7. The monoisotopic (exact) mass is 413 g/mol. The van der Waals surface area contributed by atoms with Gasteiger partial charge >= 0.3 is 6.01 Å². The zero-order valence-electron chi connectivity index (χ0n) is 16.4. The third kappa shape index (κ3) is 4.19. The highest BCUT2D eigenvalue weighted by Crippen LogP contribution is 2.32. The highest BCUT2D eigenvalue weighted by molar-refractivity contribution is 7.99. The lowest BCUT2D eigenvalue weighted by Crippen LogP contribution is -2.27. The van der Waals surface area contributed by atoms with Gasteiger partial charge < -0.3 is 4.42 Å². The first-order chi connectivity index (χ1) is 14.0. The van der Waals surface area contributed by atoms with Gasteiger partial charge in [0.05, 0.1) is 16.7 Å². The van der Waals surface area contributed by atoms with Crippen molar-refractivity contribution in [2.75, 3.05) is 11.1 Å². The van der Waals surface area contributed by atoms with Crippen molar-refractivity contribution >= 4 is 34.6 Å². The normalized spacial score (nSPS) is 14.7. The van der Waals surface area contributed by atoms with Gasteiger partial charge in [0.1, 0.15) is 0 Å². The minimum Gasteiger partial charge on any atom is -0.408 e. The van der Waals surface area contributed by atoms with Crippen molar-refractivity contribution in [3.63, 3.8) is 0 Å². The predicted molar refractivity (Wildman–Crippen MR) is 111 cm³/mol. The van der Waals surface area contributed by atoms with E-state index in [9.17, 15) is 9.59 Å². The third-order valence-electron chi connectivity index (χ3n) is 4.98. The third-order valence-corrected chi connectivity index (χ3v) is 5.93. The number of carbonyl (C=O) groups is 1. The van der Waals surface area contributed by atoms with Gasteiger partial charge in [0.25, 0.3) is 5.56 Å². The van der Waals surface area contributed by atoms with Crippen LogP contribution >= 0.6 is 11.8 Å². The molecule has 0 unspecified atom stereocenters. The molecule has 0 radical (unpaired) electrons. The van der Waals surface area contributed by atoms with Crippen LogP contribution in [0.5, 0.6) is 0 Å². The summed E-state index contributed by atoms with van der Waals surface area (Å²) in [5, 5.41) is 11.5. The second-order valence-corrected chi connectivity index (χ2v) is 8.40. The average molecular weight is 414 g/mol. The van der Waals surface area contributed by atoms with E-state index in [0.29, 0.717) is 22.0 Å². The summed E-state index contributed by atoms with van der Waals surface area (Å²) in [6.07, 6.45) is 4.12. The van der Waals surface area contributed by atoms with Gasteiger partial charge in [-0.25, -0.2) is 4.98 Å². The van der Waals surface area contributed by atoms with E-state index in [1.165, 1.54) is 11.8 Å². The van der Waals surface area contributed by atoms with Crippen LogP contribution < -0.4 is 10.9 Å².